The molecule has 9 nitrogen and oxygen atoms in total. The molecule has 0 amide bonds. The van der Waals surface area contributed by atoms with Crippen molar-refractivity contribution in [2.75, 3.05) is 6.61 Å². The van der Waals surface area contributed by atoms with Crippen molar-refractivity contribution >= 4 is 28.5 Å². The molecule has 28 heavy (non-hydrogen) atoms. The summed E-state index contributed by atoms with van der Waals surface area (Å²) in [7, 11) is 0. The van der Waals surface area contributed by atoms with Gasteiger partial charge in [-0.15, -0.1) is 0 Å². The van der Waals surface area contributed by atoms with Crippen LogP contribution in [0.1, 0.15) is 23.2 Å². The highest BCUT2D eigenvalue weighted by Gasteiger charge is 2.15. The molecule has 0 aliphatic heterocycles. The third-order valence-electron chi connectivity index (χ3n) is 4.09. The van der Waals surface area contributed by atoms with E-state index < -0.39 is 16.6 Å². The zero-order valence-corrected chi connectivity index (χ0v) is 14.7. The van der Waals surface area contributed by atoms with Crippen molar-refractivity contribution in [1.82, 2.24) is 4.57 Å². The summed E-state index contributed by atoms with van der Waals surface area (Å²) in [6.07, 6.45) is 0.290. The van der Waals surface area contributed by atoms with Gasteiger partial charge in [-0.1, -0.05) is 30.3 Å². The van der Waals surface area contributed by atoms with Crippen LogP contribution in [0.5, 0.6) is 0 Å². The lowest BCUT2D eigenvalue weighted by Crippen LogP contribution is -2.17. The van der Waals surface area contributed by atoms with Crippen LogP contribution in [-0.2, 0) is 16.1 Å². The Bertz CT molecular complexity index is 1080. The Balaban J connectivity index is 1.54. The van der Waals surface area contributed by atoms with Crippen LogP contribution in [0.15, 0.2) is 57.7 Å². The molecule has 0 radical (unpaired) electrons. The monoisotopic (exact) mass is 384 g/mol. The van der Waals surface area contributed by atoms with Crippen LogP contribution in [0.3, 0.4) is 0 Å². The minimum Gasteiger partial charge on any atom is -0.457 e. The maximum Gasteiger partial charge on any atom is 0.419 e. The number of aryl methyl sites for hydroxylation is 1. The fourth-order valence-corrected chi connectivity index (χ4v) is 2.69. The van der Waals surface area contributed by atoms with Gasteiger partial charge in [-0.2, -0.15) is 0 Å². The molecule has 0 N–H and O–H groups in total. The molecule has 0 aliphatic carbocycles. The number of oxazole rings is 1. The van der Waals surface area contributed by atoms with E-state index in [-0.39, 0.29) is 43.0 Å². The third kappa shape index (κ3) is 4.32. The molecule has 9 heteroatoms. The van der Waals surface area contributed by atoms with Crippen LogP contribution in [-0.4, -0.2) is 27.8 Å². The van der Waals surface area contributed by atoms with Gasteiger partial charge < -0.3 is 9.15 Å². The zero-order valence-electron chi connectivity index (χ0n) is 14.7. The lowest BCUT2D eigenvalue weighted by molar-refractivity contribution is -0.384. The van der Waals surface area contributed by atoms with Crippen LogP contribution in [0.4, 0.5) is 5.69 Å². The van der Waals surface area contributed by atoms with Gasteiger partial charge >= 0.3 is 11.7 Å². The maximum absolute atomic E-state index is 11.9. The molecule has 0 atom stereocenters. The molecule has 0 saturated carbocycles. The van der Waals surface area contributed by atoms with E-state index in [1.807, 2.05) is 0 Å². The number of fused-ring (bicyclic) bond motifs is 1. The van der Waals surface area contributed by atoms with Gasteiger partial charge in [0.05, 0.1) is 16.5 Å². The van der Waals surface area contributed by atoms with E-state index in [2.05, 4.69) is 0 Å². The van der Waals surface area contributed by atoms with E-state index in [1.54, 1.807) is 30.3 Å². The maximum atomic E-state index is 11.9. The number of non-ortho nitro benzene ring substituents is 1. The molecule has 144 valence electrons. The van der Waals surface area contributed by atoms with Crippen LogP contribution in [0.2, 0.25) is 0 Å². The minimum absolute atomic E-state index is 0.00810. The Hall–Kier alpha value is -3.75. The predicted molar refractivity (Wildman–Crippen MR) is 98.1 cm³/mol. The Labute approximate surface area is 158 Å². The quantitative estimate of drug-likeness (QED) is 0.253. The van der Waals surface area contributed by atoms with Gasteiger partial charge in [0.25, 0.3) is 5.69 Å². The number of nitro groups is 1. The molecule has 3 aromatic rings. The van der Waals surface area contributed by atoms with Gasteiger partial charge in [0, 0.05) is 24.6 Å². The molecule has 3 rings (SSSR count). The largest absolute Gasteiger partial charge is 0.457 e. The number of rotatable bonds is 8. The van der Waals surface area contributed by atoms with Gasteiger partial charge in [0.15, 0.2) is 18.0 Å². The van der Waals surface area contributed by atoms with Crippen molar-refractivity contribution in [2.24, 2.45) is 0 Å². The Kier molecular flexibility index (Phi) is 5.64. The van der Waals surface area contributed by atoms with Crippen molar-refractivity contribution in [3.05, 3.63) is 74.8 Å². The van der Waals surface area contributed by atoms with E-state index in [0.717, 1.165) is 0 Å². The SMILES string of the molecule is O=C(CCCn1c(=O)oc2cc([N+](=O)[O-])ccc21)OCC(=O)c1ccccc1. The molecule has 0 fully saturated rings. The second-order valence-electron chi connectivity index (χ2n) is 5.98. The number of aromatic nitrogens is 1. The molecule has 2 aromatic carbocycles. The van der Waals surface area contributed by atoms with Crippen molar-refractivity contribution in [2.45, 2.75) is 19.4 Å². The Morgan fingerprint density at radius 2 is 1.89 bits per heavy atom. The standard InChI is InChI=1S/C19H16N2O7/c22-16(13-5-2-1-3-6-13)12-27-18(23)7-4-10-20-15-9-8-14(21(25)26)11-17(15)28-19(20)24/h1-3,5-6,8-9,11H,4,7,10,12H2. The molecule has 0 bridgehead atoms. The minimum atomic E-state index is -0.664. The summed E-state index contributed by atoms with van der Waals surface area (Å²) in [5, 5.41) is 10.8. The molecular formula is C19H16N2O7. The molecule has 1 aromatic heterocycles. The normalized spacial score (nSPS) is 10.7. The molecule has 0 unspecified atom stereocenters. The number of hydrogen-bond acceptors (Lipinski definition) is 7. The topological polar surface area (TPSA) is 122 Å². The number of carbonyl (C=O) groups is 2. The molecule has 0 aliphatic rings. The first-order valence-corrected chi connectivity index (χ1v) is 8.47. The summed E-state index contributed by atoms with van der Waals surface area (Å²) >= 11 is 0. The van der Waals surface area contributed by atoms with Gasteiger partial charge in [-0.25, -0.2) is 4.79 Å². The average Bonchev–Trinajstić information content (AvgIpc) is 3.01. The van der Waals surface area contributed by atoms with Crippen molar-refractivity contribution in [3.63, 3.8) is 0 Å². The van der Waals surface area contributed by atoms with E-state index in [9.17, 15) is 24.5 Å². The van der Waals surface area contributed by atoms with Gasteiger partial charge in [-0.3, -0.25) is 24.3 Å². The van der Waals surface area contributed by atoms with Crippen LogP contribution in [0, 0.1) is 10.1 Å². The van der Waals surface area contributed by atoms with E-state index in [1.165, 1.54) is 22.8 Å². The fraction of sp³-hybridized carbons (Fsp3) is 0.211. The summed E-state index contributed by atoms with van der Waals surface area (Å²) in [4.78, 5) is 45.8. The van der Waals surface area contributed by atoms with Gasteiger partial charge in [-0.05, 0) is 12.5 Å². The van der Waals surface area contributed by atoms with E-state index >= 15 is 0 Å². The lowest BCUT2D eigenvalue weighted by atomic mass is 10.1. The first kappa shape index (κ1) is 19.0. The van der Waals surface area contributed by atoms with Crippen molar-refractivity contribution in [1.29, 1.82) is 0 Å². The molecular weight excluding hydrogens is 368 g/mol. The number of ketones is 1. The number of ether oxygens (including phenoxy) is 1. The molecule has 0 saturated heterocycles. The summed E-state index contributed by atoms with van der Waals surface area (Å²) in [6.45, 7) is -0.174. The van der Waals surface area contributed by atoms with E-state index in [0.29, 0.717) is 11.1 Å². The first-order chi connectivity index (χ1) is 13.5. The Morgan fingerprint density at radius 1 is 1.14 bits per heavy atom. The van der Waals surface area contributed by atoms with Crippen LogP contribution >= 0.6 is 0 Å². The van der Waals surface area contributed by atoms with Crippen molar-refractivity contribution in [3.8, 4) is 0 Å². The second-order valence-corrected chi connectivity index (χ2v) is 5.98. The number of nitrogens with zero attached hydrogens (tertiary/aromatic N) is 2. The highest BCUT2D eigenvalue weighted by atomic mass is 16.6. The van der Waals surface area contributed by atoms with Crippen LogP contribution in [0.25, 0.3) is 11.1 Å². The average molecular weight is 384 g/mol. The smallest absolute Gasteiger partial charge is 0.419 e. The summed E-state index contributed by atoms with van der Waals surface area (Å²) in [5.41, 5.74) is 0.791. The van der Waals surface area contributed by atoms with Gasteiger partial charge in [0.2, 0.25) is 0 Å². The van der Waals surface area contributed by atoms with Crippen LogP contribution < -0.4 is 5.76 Å². The number of benzene rings is 2. The van der Waals surface area contributed by atoms with Crippen molar-refractivity contribution < 1.29 is 23.7 Å². The number of hydrogen-bond donors (Lipinski definition) is 0. The lowest BCUT2D eigenvalue weighted by Gasteiger charge is -2.05. The summed E-state index contributed by atoms with van der Waals surface area (Å²) < 4.78 is 11.3. The third-order valence-corrected chi connectivity index (χ3v) is 4.09. The fourth-order valence-electron chi connectivity index (χ4n) is 2.69. The second kappa shape index (κ2) is 8.30. The zero-order chi connectivity index (χ0) is 20.1. The highest BCUT2D eigenvalue weighted by Crippen LogP contribution is 2.20. The first-order valence-electron chi connectivity index (χ1n) is 8.47. The summed E-state index contributed by atoms with van der Waals surface area (Å²) in [5.74, 6) is -1.52. The number of esters is 1. The summed E-state index contributed by atoms with van der Waals surface area (Å²) in [6, 6.07) is 12.4. The number of Topliss-reactive ketones (excluding diaryl/α,β-unsaturated/α-hetero) is 1. The number of nitro benzene ring substituents is 1. The van der Waals surface area contributed by atoms with Gasteiger partial charge in [0.1, 0.15) is 0 Å². The number of carbonyl (C=O) groups excluding carboxylic acids is 2. The van der Waals surface area contributed by atoms with E-state index in [4.69, 9.17) is 9.15 Å². The predicted octanol–water partition coefficient (Wildman–Crippen LogP) is 2.71. The Morgan fingerprint density at radius 3 is 2.61 bits per heavy atom. The highest BCUT2D eigenvalue weighted by molar-refractivity contribution is 5.97. The molecule has 0 spiro atoms. The molecule has 1 heterocycles.